The van der Waals surface area contributed by atoms with E-state index >= 15 is 0 Å². The summed E-state index contributed by atoms with van der Waals surface area (Å²) in [6.07, 6.45) is -3.43. The Labute approximate surface area is 459 Å². The predicted octanol–water partition coefficient (Wildman–Crippen LogP) is -2.57. The van der Waals surface area contributed by atoms with Crippen LogP contribution in [0, 0.1) is 17.8 Å². The van der Waals surface area contributed by atoms with Gasteiger partial charge in [-0.3, -0.25) is 52.9 Å². The molecule has 1 aliphatic rings. The molecule has 0 bridgehead atoms. The number of amides is 9. The number of benzene rings is 2. The van der Waals surface area contributed by atoms with Crippen LogP contribution in [0.4, 0.5) is 0 Å². The number of nitrogens with one attached hydrogen (secondary N) is 9. The number of esters is 1. The minimum atomic E-state index is -1.84. The van der Waals surface area contributed by atoms with Gasteiger partial charge in [-0.2, -0.15) is 0 Å². The van der Waals surface area contributed by atoms with E-state index in [9.17, 15) is 63.3 Å². The summed E-state index contributed by atoms with van der Waals surface area (Å²) in [7, 11) is 0. The van der Waals surface area contributed by atoms with E-state index in [4.69, 9.17) is 16.2 Å². The van der Waals surface area contributed by atoms with Crippen LogP contribution >= 0.6 is 0 Å². The molecule has 26 heteroatoms. The fraction of sp³-hybridized carbons (Fsp3) is 0.566. The number of nitrogens with zero attached hydrogens (tertiary/aromatic N) is 1. The number of carbonyl (C=O) groups excluding carboxylic acids is 10. The third-order valence-electron chi connectivity index (χ3n) is 13.1. The first-order valence-electron chi connectivity index (χ1n) is 26.4. The molecule has 2 aromatic carbocycles. The Hall–Kier alpha value is -7.71. The first-order valence-corrected chi connectivity index (χ1v) is 26.4. The number of guanidine groups is 1. The van der Waals surface area contributed by atoms with Crippen LogP contribution in [0.25, 0.3) is 0 Å². The van der Waals surface area contributed by atoms with Gasteiger partial charge in [-0.05, 0) is 56.1 Å². The van der Waals surface area contributed by atoms with Gasteiger partial charge in [0.05, 0.1) is 43.7 Å². The van der Waals surface area contributed by atoms with E-state index in [1.54, 1.807) is 83.1 Å². The van der Waals surface area contributed by atoms with Gasteiger partial charge in [-0.1, -0.05) is 108 Å². The van der Waals surface area contributed by atoms with Gasteiger partial charge in [0.1, 0.15) is 48.9 Å². The lowest BCUT2D eigenvalue weighted by molar-refractivity contribution is -0.149. The summed E-state index contributed by atoms with van der Waals surface area (Å²) in [5.74, 6) is -13.0. The quantitative estimate of drug-likeness (QED) is 0.0335. The summed E-state index contributed by atoms with van der Waals surface area (Å²) in [6.45, 7) is 8.59. The Bertz CT molecular complexity index is 2410. The number of aliphatic imine (C=N–C) groups is 1. The van der Waals surface area contributed by atoms with Crippen LogP contribution in [-0.2, 0) is 59.3 Å². The number of rotatable bonds is 17. The Morgan fingerprint density at radius 3 is 1.78 bits per heavy atom. The molecule has 3 unspecified atom stereocenters. The van der Waals surface area contributed by atoms with Crippen molar-refractivity contribution in [1.82, 2.24) is 47.9 Å². The molecule has 1 fully saturated rings. The molecule has 0 aromatic heterocycles. The average Bonchev–Trinajstić information content (AvgIpc) is 3.43. The zero-order valence-electron chi connectivity index (χ0n) is 45.8. The predicted molar refractivity (Wildman–Crippen MR) is 288 cm³/mol. The SMILES string of the molecule is CCCC1NC(=O)[C@H]([C@H](O)C(C)C)NC(=O)[C@@H](CC(=O)OCc2ccccc2)[C@@H](c2ccccc2)NC(=O)C(CO)NC(=O)C(C)NC(=O)CNC(=O)[C@H]([C@H](C)O)NC(=O)[C@H]([C@@H](C)CC)NC(=O)[C@@H](CCCN=C(N)N)NC1=O. The van der Waals surface area contributed by atoms with Crippen molar-refractivity contribution in [3.05, 3.63) is 71.8 Å². The highest BCUT2D eigenvalue weighted by Crippen LogP contribution is 2.27. The molecule has 26 nitrogen and oxygen atoms in total. The van der Waals surface area contributed by atoms with Crippen molar-refractivity contribution in [3.63, 3.8) is 0 Å². The van der Waals surface area contributed by atoms with Crippen LogP contribution < -0.4 is 59.3 Å². The Balaban J connectivity index is 2.24. The van der Waals surface area contributed by atoms with E-state index in [0.717, 1.165) is 0 Å². The molecule has 0 saturated carbocycles. The molecule has 436 valence electrons. The van der Waals surface area contributed by atoms with Crippen molar-refractivity contribution >= 4 is 65.1 Å². The highest BCUT2D eigenvalue weighted by molar-refractivity contribution is 5.98. The van der Waals surface area contributed by atoms with Gasteiger partial charge in [0.2, 0.25) is 53.2 Å². The largest absolute Gasteiger partial charge is 0.461 e. The van der Waals surface area contributed by atoms with E-state index in [0.29, 0.717) is 12.0 Å². The zero-order chi connectivity index (χ0) is 58.9. The number of aliphatic hydroxyl groups excluding tert-OH is 3. The maximum absolute atomic E-state index is 15.0. The highest BCUT2D eigenvalue weighted by Gasteiger charge is 2.41. The van der Waals surface area contributed by atoms with Crippen LogP contribution in [0.5, 0.6) is 0 Å². The molecule has 0 spiro atoms. The molecule has 9 amide bonds. The van der Waals surface area contributed by atoms with Crippen molar-refractivity contribution < 1.29 is 68.0 Å². The number of hydrogen-bond donors (Lipinski definition) is 14. The van der Waals surface area contributed by atoms with Gasteiger partial charge in [-0.25, -0.2) is 0 Å². The molecule has 12 atom stereocenters. The van der Waals surface area contributed by atoms with E-state index < -0.39 is 157 Å². The number of ether oxygens (including phenoxy) is 1. The van der Waals surface area contributed by atoms with Crippen molar-refractivity contribution in [2.75, 3.05) is 19.7 Å². The monoisotopic (exact) mass is 1110 g/mol. The number of nitrogens with two attached hydrogens (primary N) is 2. The lowest BCUT2D eigenvalue weighted by atomic mass is 9.88. The van der Waals surface area contributed by atoms with Crippen LogP contribution in [0.2, 0.25) is 0 Å². The molecule has 16 N–H and O–H groups in total. The minimum absolute atomic E-state index is 0.0126. The maximum Gasteiger partial charge on any atom is 0.307 e. The van der Waals surface area contributed by atoms with Crippen LogP contribution in [-0.4, -0.2) is 155 Å². The maximum atomic E-state index is 15.0. The van der Waals surface area contributed by atoms with Crippen LogP contribution in [0.1, 0.15) is 104 Å². The van der Waals surface area contributed by atoms with Crippen molar-refractivity contribution in [2.45, 2.75) is 154 Å². The van der Waals surface area contributed by atoms with Crippen molar-refractivity contribution in [2.24, 2.45) is 34.2 Å². The lowest BCUT2D eigenvalue weighted by Gasteiger charge is -2.33. The van der Waals surface area contributed by atoms with Gasteiger partial charge in [-0.15, -0.1) is 0 Å². The normalized spacial score (nSPS) is 25.1. The third kappa shape index (κ3) is 21.2. The second-order valence-electron chi connectivity index (χ2n) is 19.8. The molecule has 79 heavy (non-hydrogen) atoms. The fourth-order valence-corrected chi connectivity index (χ4v) is 8.21. The van der Waals surface area contributed by atoms with E-state index in [2.05, 4.69) is 52.8 Å². The molecule has 0 aliphatic carbocycles. The smallest absolute Gasteiger partial charge is 0.307 e. The number of carbonyl (C=O) groups is 10. The molecule has 1 aliphatic heterocycles. The van der Waals surface area contributed by atoms with E-state index in [1.165, 1.54) is 26.0 Å². The molecule has 0 radical (unpaired) electrons. The molecular weight excluding hydrogens is 1030 g/mol. The Kier molecular flexibility index (Phi) is 27.3. The number of hydrogen-bond acceptors (Lipinski definition) is 15. The molecule has 1 saturated heterocycles. The van der Waals surface area contributed by atoms with Gasteiger partial charge in [0.15, 0.2) is 5.96 Å². The highest BCUT2D eigenvalue weighted by atomic mass is 16.5. The summed E-state index contributed by atoms with van der Waals surface area (Å²) >= 11 is 0. The Morgan fingerprint density at radius 1 is 0.658 bits per heavy atom. The third-order valence-corrected chi connectivity index (χ3v) is 13.1. The first-order chi connectivity index (χ1) is 37.4. The van der Waals surface area contributed by atoms with Gasteiger partial charge in [0, 0.05) is 6.54 Å². The second kappa shape index (κ2) is 32.9. The average molecular weight is 1110 g/mol. The van der Waals surface area contributed by atoms with Gasteiger partial charge in [0.25, 0.3) is 0 Å². The zero-order valence-corrected chi connectivity index (χ0v) is 45.8. The van der Waals surface area contributed by atoms with Crippen molar-refractivity contribution in [1.29, 1.82) is 0 Å². The van der Waals surface area contributed by atoms with Crippen LogP contribution in [0.3, 0.4) is 0 Å². The van der Waals surface area contributed by atoms with Crippen LogP contribution in [0.15, 0.2) is 65.7 Å². The number of aliphatic hydroxyl groups is 3. The van der Waals surface area contributed by atoms with Gasteiger partial charge >= 0.3 is 5.97 Å². The molecule has 2 aromatic rings. The standard InChI is InChI=1S/C53H80N12O14/c1-8-17-35-47(73)59-36(22-16-23-56-53(54)55)48(74)62-40(29(5)9-2)51(77)63-41(31(7)67)50(76)57-25-38(68)58-30(6)45(71)61-37(26-66)49(75)64-42(33-20-14-11-15-21-33)34(24-39(69)79-27-32-18-12-10-13-19-32)46(72)65-43(52(78)60-35)44(70)28(3)4/h10-15,18-21,28-31,34-37,40-44,66-67,70H,8-9,16-17,22-27H2,1-7H3,(H,57,76)(H,58,68)(H,59,73)(H,60,78)(H,61,71)(H,62,74)(H,63,77)(H,64,75)(H,65,72)(H4,54,55,56)/t29-,30?,31-,34-,35?,36+,37?,40-,41-,42+,43-,44+/m0/s1. The second-order valence-corrected chi connectivity index (χ2v) is 19.8. The minimum Gasteiger partial charge on any atom is -0.461 e. The lowest BCUT2D eigenvalue weighted by Crippen LogP contribution is -2.62. The van der Waals surface area contributed by atoms with Crippen molar-refractivity contribution in [3.8, 4) is 0 Å². The molecular formula is C53H80N12O14. The summed E-state index contributed by atoms with van der Waals surface area (Å²) in [4.78, 5) is 144. The summed E-state index contributed by atoms with van der Waals surface area (Å²) in [5.41, 5.74) is 11.9. The topological polar surface area (TPSA) is 413 Å². The summed E-state index contributed by atoms with van der Waals surface area (Å²) < 4.78 is 5.58. The van der Waals surface area contributed by atoms with Gasteiger partial charge < -0.3 is 79.4 Å². The van der Waals surface area contributed by atoms with E-state index in [1.807, 2.05) is 0 Å². The first kappa shape index (κ1) is 65.6. The summed E-state index contributed by atoms with van der Waals surface area (Å²) in [5, 5.41) is 55.3. The Morgan fingerprint density at radius 2 is 1.20 bits per heavy atom. The summed E-state index contributed by atoms with van der Waals surface area (Å²) in [6, 6.07) is 3.99. The van der Waals surface area contributed by atoms with E-state index in [-0.39, 0.29) is 50.4 Å². The molecule has 1 heterocycles. The molecule has 3 rings (SSSR count). The fourth-order valence-electron chi connectivity index (χ4n) is 8.21.